The maximum atomic E-state index is 13.5. The van der Waals surface area contributed by atoms with Gasteiger partial charge in [-0.05, 0) is 153 Å². The van der Waals surface area contributed by atoms with Crippen LogP contribution in [0.25, 0.3) is 0 Å². The van der Waals surface area contributed by atoms with E-state index < -0.39 is 103 Å². The van der Waals surface area contributed by atoms with Crippen LogP contribution in [0.3, 0.4) is 0 Å². The summed E-state index contributed by atoms with van der Waals surface area (Å²) in [5, 5.41) is -2.63. The number of allylic oxidation sites excluding steroid dienone is 12. The van der Waals surface area contributed by atoms with Gasteiger partial charge in [0.25, 0.3) is 0 Å². The molecule has 34 heteroatoms. The van der Waals surface area contributed by atoms with Gasteiger partial charge in [0.1, 0.15) is 79.3 Å². The minimum atomic E-state index is -0.599. The first kappa shape index (κ1) is 118. The highest BCUT2D eigenvalue weighted by Gasteiger charge is 2.25. The van der Waals surface area contributed by atoms with E-state index in [1.165, 1.54) is 70.6 Å². The Hall–Kier alpha value is -5.98. The fourth-order valence-electron chi connectivity index (χ4n) is 10.6. The zero-order valence-corrected chi connectivity index (χ0v) is 81.3. The summed E-state index contributed by atoms with van der Waals surface area (Å²) in [7, 11) is 0. The van der Waals surface area contributed by atoms with Gasteiger partial charge in [0.2, 0.25) is 0 Å². The van der Waals surface area contributed by atoms with Crippen molar-refractivity contribution in [1.29, 1.82) is 0 Å². The van der Waals surface area contributed by atoms with E-state index >= 15 is 0 Å². The lowest BCUT2D eigenvalue weighted by molar-refractivity contribution is -0.152. The second kappa shape index (κ2) is 82.7. The van der Waals surface area contributed by atoms with E-state index in [4.69, 9.17) is 56.8 Å². The number of esters is 12. The fourth-order valence-corrected chi connectivity index (χ4v) is 15.6. The predicted molar refractivity (Wildman–Crippen MR) is 501 cm³/mol. The SMILES string of the molecule is CC/C=C\CCSC(C)C(=O)OCCOC(=O)CCN(CCC(=O)OCCOC(=O)C(C)SCC/C=C\CC)CCN(CCN(CCC(=O)OCCOC(=O)C(C)SCC/C=C\CC)CCC(=O)OCCOC(=O)C(C)SCC/C=C\CC)CCN(CCC(=O)OCCOC(=O)C(C)SCC/C=C\CC)CCC(=O)OCCOC(=O)C(C)SCC/C=C\CC. The predicted octanol–water partition coefficient (Wildman–Crippen LogP) is 13.9. The van der Waals surface area contributed by atoms with Crippen molar-refractivity contribution in [3.05, 3.63) is 72.9 Å². The first-order valence-electron chi connectivity index (χ1n) is 44.3. The van der Waals surface area contributed by atoms with Crippen LogP contribution in [-0.2, 0) is 114 Å². The number of hydrogen-bond donors (Lipinski definition) is 0. The minimum Gasteiger partial charge on any atom is -0.462 e. The van der Waals surface area contributed by atoms with Crippen LogP contribution >= 0.6 is 70.6 Å². The molecule has 6 atom stereocenters. The van der Waals surface area contributed by atoms with Crippen LogP contribution in [-0.4, -0.2) is 315 Å². The summed E-state index contributed by atoms with van der Waals surface area (Å²) in [6, 6.07) is 0. The van der Waals surface area contributed by atoms with Crippen molar-refractivity contribution < 1.29 is 114 Å². The number of carbonyl (C=O) groups is 12. The molecule has 0 bridgehead atoms. The lowest BCUT2D eigenvalue weighted by Gasteiger charge is -2.32. The van der Waals surface area contributed by atoms with E-state index in [9.17, 15) is 57.5 Å². The van der Waals surface area contributed by atoms with Crippen LogP contribution < -0.4 is 0 Å². The zero-order chi connectivity index (χ0) is 91.9. The first-order chi connectivity index (χ1) is 59.8. The molecule has 0 saturated heterocycles. The molecule has 124 heavy (non-hydrogen) atoms. The molecular weight excluding hydrogens is 1710 g/mol. The number of ether oxygens (including phenoxy) is 12. The standard InChI is InChI=1S/C90H150N4O24S6/c1-13-19-25-31-67-119-73(7)85(101)113-61-55-107-79(95)37-43-91(44-38-80(96)108-56-62-114-86(102)74(8)120-68-32-26-20-14-2)49-52-94(53-50-92(45-39-81(97)109-57-63-115-87(103)75(9)121-69-33-27-21-15-3)46-40-82(98)110-58-64-116-88(104)76(10)122-70-34-28-22-16-4)54-51-93(47-41-83(99)111-59-65-117-89(105)77(11)123-71-35-29-23-17-5)48-42-84(100)112-60-66-118-90(106)78(12)124-72-36-30-24-18-6/h19-30,73-78H,13-18,31-72H2,1-12H3/b25-19-,26-20-,27-21-,28-22-,29-23-,30-24-. The summed E-state index contributed by atoms with van der Waals surface area (Å²) < 4.78 is 66.0. The summed E-state index contributed by atoms with van der Waals surface area (Å²) in [4.78, 5) is 166. The Morgan fingerprint density at radius 3 is 0.468 bits per heavy atom. The van der Waals surface area contributed by atoms with E-state index in [0.29, 0.717) is 0 Å². The molecule has 0 rings (SSSR count). The van der Waals surface area contributed by atoms with Crippen LogP contribution in [0.1, 0.15) is 199 Å². The first-order valence-corrected chi connectivity index (χ1v) is 50.6. The molecule has 0 fully saturated rings. The molecule has 0 aromatic heterocycles. The molecule has 0 aliphatic rings. The lowest BCUT2D eigenvalue weighted by atomic mass is 10.2. The van der Waals surface area contributed by atoms with Gasteiger partial charge in [0, 0.05) is 78.5 Å². The molecule has 0 amide bonds. The third-order valence-electron chi connectivity index (χ3n) is 17.9. The van der Waals surface area contributed by atoms with Crippen molar-refractivity contribution in [1.82, 2.24) is 19.6 Å². The van der Waals surface area contributed by atoms with Crippen LogP contribution in [0.15, 0.2) is 72.9 Å². The van der Waals surface area contributed by atoms with Crippen molar-refractivity contribution >= 4 is 142 Å². The molecule has 710 valence electrons. The van der Waals surface area contributed by atoms with Gasteiger partial charge in [0.05, 0.1) is 70.0 Å². The van der Waals surface area contributed by atoms with E-state index in [-0.39, 0.29) is 196 Å². The maximum absolute atomic E-state index is 13.5. The lowest BCUT2D eigenvalue weighted by Crippen LogP contribution is -2.45. The van der Waals surface area contributed by atoms with Gasteiger partial charge in [-0.2, -0.15) is 0 Å². The maximum Gasteiger partial charge on any atom is 0.318 e. The monoisotopic (exact) mass is 1860 g/mol. The van der Waals surface area contributed by atoms with Crippen molar-refractivity contribution in [2.75, 3.05) is 192 Å². The van der Waals surface area contributed by atoms with E-state index in [2.05, 4.69) is 77.8 Å². The molecule has 6 unspecified atom stereocenters. The number of nitrogens with zero attached hydrogens (tertiary/aromatic N) is 4. The quantitative estimate of drug-likeness (QED) is 0.0236. The third-order valence-corrected chi connectivity index (χ3v) is 24.8. The second-order valence-electron chi connectivity index (χ2n) is 28.3. The average molecular weight is 1860 g/mol. The molecular formula is C90H150N4O24S6. The van der Waals surface area contributed by atoms with Gasteiger partial charge in [-0.3, -0.25) is 62.4 Å². The molecule has 0 heterocycles. The summed E-state index contributed by atoms with van der Waals surface area (Å²) in [5.41, 5.74) is 0. The molecule has 0 N–H and O–H groups in total. The number of carbonyl (C=O) groups excluding carboxylic acids is 12. The average Bonchev–Trinajstić information content (AvgIpc) is 0.911. The third kappa shape index (κ3) is 71.0. The molecule has 28 nitrogen and oxygen atoms in total. The Balaban J connectivity index is 7.50. The Labute approximate surface area is 766 Å². The second-order valence-corrected chi connectivity index (χ2v) is 37.0. The minimum absolute atomic E-state index is 0.0819. The topological polar surface area (TPSA) is 329 Å². The van der Waals surface area contributed by atoms with Crippen LogP contribution in [0, 0.1) is 0 Å². The number of thioether (sulfide) groups is 6. The Kier molecular flexibility index (Phi) is 78.7. The van der Waals surface area contributed by atoms with Gasteiger partial charge in [-0.15, -0.1) is 70.6 Å². The van der Waals surface area contributed by atoms with Crippen molar-refractivity contribution in [2.24, 2.45) is 0 Å². The summed E-state index contributed by atoms with van der Waals surface area (Å²) in [6.45, 7) is 22.5. The number of hydrogen-bond acceptors (Lipinski definition) is 34. The van der Waals surface area contributed by atoms with Gasteiger partial charge < -0.3 is 71.5 Å². The van der Waals surface area contributed by atoms with Crippen LogP contribution in [0.2, 0.25) is 0 Å². The summed E-state index contributed by atoms with van der Waals surface area (Å²) in [5.74, 6) is -1.85. The Bertz CT molecular complexity index is 2590. The molecule has 0 aromatic carbocycles. The smallest absolute Gasteiger partial charge is 0.318 e. The molecule has 0 aliphatic carbocycles. The highest BCUT2D eigenvalue weighted by Crippen LogP contribution is 2.20. The van der Waals surface area contributed by atoms with E-state index in [1.807, 2.05) is 56.2 Å². The molecule has 0 spiro atoms. The van der Waals surface area contributed by atoms with Gasteiger partial charge >= 0.3 is 71.6 Å². The molecule has 0 aromatic rings. The summed E-state index contributed by atoms with van der Waals surface area (Å²) >= 11 is 8.76. The van der Waals surface area contributed by atoms with Crippen LogP contribution in [0.5, 0.6) is 0 Å². The normalized spacial score (nSPS) is 13.3. The number of rotatable bonds is 81. The fraction of sp³-hybridized carbons (Fsp3) is 0.733. The molecule has 0 radical (unpaired) electrons. The van der Waals surface area contributed by atoms with Gasteiger partial charge in [-0.25, -0.2) is 0 Å². The highest BCUT2D eigenvalue weighted by atomic mass is 32.2. The summed E-state index contributed by atoms with van der Waals surface area (Å²) in [6.07, 6.45) is 34.2. The Morgan fingerprint density at radius 1 is 0.202 bits per heavy atom. The van der Waals surface area contributed by atoms with Crippen molar-refractivity contribution in [3.8, 4) is 0 Å². The largest absolute Gasteiger partial charge is 0.462 e. The van der Waals surface area contributed by atoms with E-state index in [1.54, 1.807) is 41.5 Å². The van der Waals surface area contributed by atoms with Crippen LogP contribution in [0.4, 0.5) is 0 Å². The molecule has 0 saturated carbocycles. The van der Waals surface area contributed by atoms with Gasteiger partial charge in [0.15, 0.2) is 0 Å². The molecule has 0 aliphatic heterocycles. The zero-order valence-electron chi connectivity index (χ0n) is 76.4. The van der Waals surface area contributed by atoms with Gasteiger partial charge in [-0.1, -0.05) is 114 Å². The Morgan fingerprint density at radius 2 is 0.331 bits per heavy atom. The van der Waals surface area contributed by atoms with Crippen molar-refractivity contribution in [3.63, 3.8) is 0 Å². The highest BCUT2D eigenvalue weighted by molar-refractivity contribution is 8.01. The van der Waals surface area contributed by atoms with E-state index in [0.717, 1.165) is 112 Å². The van der Waals surface area contributed by atoms with Crippen molar-refractivity contribution in [2.45, 2.75) is 230 Å².